The fourth-order valence-electron chi connectivity index (χ4n) is 12.7. The van der Waals surface area contributed by atoms with Crippen molar-refractivity contribution in [3.63, 3.8) is 0 Å². The molecule has 0 bridgehead atoms. The number of fused-ring (bicyclic) bond motifs is 2. The molecule has 4 unspecified atom stereocenters. The van der Waals surface area contributed by atoms with Crippen LogP contribution in [0.2, 0.25) is 0 Å². The van der Waals surface area contributed by atoms with Crippen molar-refractivity contribution in [2.75, 3.05) is 51.3 Å². The van der Waals surface area contributed by atoms with E-state index in [2.05, 4.69) is 81.9 Å². The zero-order chi connectivity index (χ0) is 50.1. The summed E-state index contributed by atoms with van der Waals surface area (Å²) >= 11 is 0. The summed E-state index contributed by atoms with van der Waals surface area (Å²) in [6.45, 7) is 13.6. The first kappa shape index (κ1) is 51.2. The van der Waals surface area contributed by atoms with Crippen LogP contribution in [0.25, 0.3) is 22.1 Å². The fourth-order valence-corrected chi connectivity index (χ4v) is 12.7. The van der Waals surface area contributed by atoms with Gasteiger partial charge in [0.1, 0.15) is 17.5 Å². The number of rotatable bonds is 18. The zero-order valence-corrected chi connectivity index (χ0v) is 44.0. The van der Waals surface area contributed by atoms with E-state index in [0.29, 0.717) is 76.1 Å². The van der Waals surface area contributed by atoms with Crippen LogP contribution in [0.1, 0.15) is 172 Å². The van der Waals surface area contributed by atoms with Crippen molar-refractivity contribution in [2.24, 2.45) is 0 Å². The van der Waals surface area contributed by atoms with Gasteiger partial charge in [-0.3, -0.25) is 9.59 Å². The molecule has 2 aromatic carbocycles. The molecule has 388 valence electrons. The van der Waals surface area contributed by atoms with E-state index in [9.17, 15) is 14.4 Å². The van der Waals surface area contributed by atoms with Gasteiger partial charge < -0.3 is 38.2 Å². The van der Waals surface area contributed by atoms with E-state index >= 15 is 0 Å². The Morgan fingerprint density at radius 3 is 1.96 bits per heavy atom. The summed E-state index contributed by atoms with van der Waals surface area (Å²) in [7, 11) is 1.66. The van der Waals surface area contributed by atoms with Crippen LogP contribution in [0, 0.1) is 0 Å². The number of piperidine rings is 2. The molecule has 2 aliphatic heterocycles. The lowest BCUT2D eigenvalue weighted by Crippen LogP contribution is -2.42. The number of anilines is 1. The molecule has 14 heteroatoms. The lowest BCUT2D eigenvalue weighted by Gasteiger charge is -2.39. The van der Waals surface area contributed by atoms with Gasteiger partial charge in [-0.15, -0.1) is 0 Å². The third-order valence-electron chi connectivity index (χ3n) is 16.8. The van der Waals surface area contributed by atoms with Gasteiger partial charge >= 0.3 is 6.09 Å². The number of aryl methyl sites for hydroxylation is 2. The van der Waals surface area contributed by atoms with E-state index < -0.39 is 0 Å². The average Bonchev–Trinajstić information content (AvgIpc) is 3.98. The summed E-state index contributed by atoms with van der Waals surface area (Å²) in [4.78, 5) is 65.3. The maximum atomic E-state index is 14.0. The van der Waals surface area contributed by atoms with Crippen molar-refractivity contribution in [2.45, 2.75) is 186 Å². The lowest BCUT2D eigenvalue weighted by molar-refractivity contribution is -0.135. The van der Waals surface area contributed by atoms with Crippen LogP contribution in [-0.4, -0.2) is 121 Å². The minimum Gasteiger partial charge on any atom is -0.481 e. The Hall–Kier alpha value is -5.66. The van der Waals surface area contributed by atoms with Gasteiger partial charge in [0.25, 0.3) is 0 Å². The molecule has 4 aliphatic rings. The molecule has 72 heavy (non-hydrogen) atoms. The van der Waals surface area contributed by atoms with Crippen LogP contribution in [0.4, 0.5) is 10.6 Å². The van der Waals surface area contributed by atoms with Crippen molar-refractivity contribution < 1.29 is 23.9 Å². The highest BCUT2D eigenvalue weighted by atomic mass is 16.6. The summed E-state index contributed by atoms with van der Waals surface area (Å²) in [5.74, 6) is 4.25. The number of para-hydroxylation sites is 2. The van der Waals surface area contributed by atoms with E-state index in [1.165, 1.54) is 38.5 Å². The molecule has 9 rings (SSSR count). The number of carbonyl (C=O) groups is 3. The summed E-state index contributed by atoms with van der Waals surface area (Å²) in [5.41, 5.74) is 5.10. The van der Waals surface area contributed by atoms with Crippen LogP contribution in [0.5, 0.6) is 5.88 Å². The predicted octanol–water partition coefficient (Wildman–Crippen LogP) is 11.2. The van der Waals surface area contributed by atoms with E-state index in [-0.39, 0.29) is 35.7 Å². The molecule has 4 atom stereocenters. The molecule has 2 saturated carbocycles. The van der Waals surface area contributed by atoms with Gasteiger partial charge in [-0.2, -0.15) is 4.98 Å². The van der Waals surface area contributed by atoms with Crippen molar-refractivity contribution in [1.29, 1.82) is 0 Å². The maximum absolute atomic E-state index is 14.0. The quantitative estimate of drug-likeness (QED) is 0.0842. The first-order valence-electron chi connectivity index (χ1n) is 27.9. The number of methoxy groups -OCH3 is 1. The molecule has 5 aromatic rings. The SMILES string of the molecule is CCN(C(=O)CCn1c(C2CCCN(C(=O)OCCC(C)c3ccc4c(c3)nc(C3CCC(C)N(c5cccc(OC)n5)C3)n4CCC(=O)N(CC)C3CCCCC3)C2)nc2ccccc21)C1CCCCC1. The number of amides is 3. The molecule has 0 N–H and O–H groups in total. The number of hydrogen-bond acceptors (Lipinski definition) is 9. The predicted molar refractivity (Wildman–Crippen MR) is 285 cm³/mol. The van der Waals surface area contributed by atoms with Crippen molar-refractivity contribution in [3.05, 3.63) is 77.9 Å². The normalized spacial score (nSPS) is 20.7. The third kappa shape index (κ3) is 11.6. The van der Waals surface area contributed by atoms with Gasteiger partial charge in [0.05, 0.1) is 35.8 Å². The largest absolute Gasteiger partial charge is 0.481 e. The van der Waals surface area contributed by atoms with Gasteiger partial charge in [-0.05, 0) is 120 Å². The standard InChI is InChI=1S/C58H81N9O5/c1-6-63(46-19-10-8-11-20-46)54(68)31-35-65-50-24-15-14-23-48(50)59-56(65)44-18-17-34-62(39-44)58(70)72-37-33-41(3)43-29-30-51-49(38-43)60-57(66(51)36-32-55(69)64(7-2)47-21-12-9-13-22-47)45-28-27-42(4)67(40-45)52-25-16-26-53(61-52)71-5/h14-16,23-26,29-30,38,41-42,44-47H,6-13,17-22,27-28,31-37,39-40H2,1-5H3. The molecule has 3 aromatic heterocycles. The van der Waals surface area contributed by atoms with Crippen molar-refractivity contribution >= 4 is 45.8 Å². The van der Waals surface area contributed by atoms with Crippen molar-refractivity contribution in [3.8, 4) is 5.88 Å². The second-order valence-electron chi connectivity index (χ2n) is 21.3. The number of likely N-dealkylation sites (tertiary alicyclic amines) is 1. The van der Waals surface area contributed by atoms with E-state index in [0.717, 1.165) is 116 Å². The highest BCUT2D eigenvalue weighted by Gasteiger charge is 2.34. The average molecular weight is 984 g/mol. The molecule has 0 spiro atoms. The summed E-state index contributed by atoms with van der Waals surface area (Å²) in [5, 5.41) is 0. The first-order chi connectivity index (χ1) is 35.1. The lowest BCUT2D eigenvalue weighted by atomic mass is 9.92. The molecular weight excluding hydrogens is 903 g/mol. The van der Waals surface area contributed by atoms with Crippen LogP contribution < -0.4 is 9.64 Å². The highest BCUT2D eigenvalue weighted by molar-refractivity contribution is 5.80. The van der Waals surface area contributed by atoms with Gasteiger partial charge in [0, 0.05) is 94.7 Å². The third-order valence-corrected chi connectivity index (χ3v) is 16.8. The van der Waals surface area contributed by atoms with E-state index in [1.807, 2.05) is 35.2 Å². The Morgan fingerprint density at radius 2 is 1.31 bits per heavy atom. The molecule has 2 saturated heterocycles. The Labute approximate surface area is 427 Å². The monoisotopic (exact) mass is 984 g/mol. The molecule has 4 fully saturated rings. The fraction of sp³-hybridized carbons (Fsp3) is 0.621. The molecule has 0 radical (unpaired) electrons. The van der Waals surface area contributed by atoms with E-state index in [1.54, 1.807) is 7.11 Å². The Bertz CT molecular complexity index is 2610. The molecule has 5 heterocycles. The number of hydrogen-bond donors (Lipinski definition) is 0. The van der Waals surface area contributed by atoms with Crippen LogP contribution >= 0.6 is 0 Å². The second-order valence-corrected chi connectivity index (χ2v) is 21.3. The summed E-state index contributed by atoms with van der Waals surface area (Å²) in [6.07, 6.45) is 16.7. The Kier molecular flexibility index (Phi) is 17.0. The van der Waals surface area contributed by atoms with E-state index in [4.69, 9.17) is 24.4 Å². The minimum absolute atomic E-state index is 0.0453. The highest BCUT2D eigenvalue weighted by Crippen LogP contribution is 2.37. The number of nitrogens with zero attached hydrogens (tertiary/aromatic N) is 9. The smallest absolute Gasteiger partial charge is 0.409 e. The molecular formula is C58H81N9O5. The van der Waals surface area contributed by atoms with Gasteiger partial charge in [-0.25, -0.2) is 14.8 Å². The maximum Gasteiger partial charge on any atom is 0.409 e. The Morgan fingerprint density at radius 1 is 0.681 bits per heavy atom. The van der Waals surface area contributed by atoms with Gasteiger partial charge in [0.15, 0.2) is 0 Å². The first-order valence-corrected chi connectivity index (χ1v) is 27.9. The van der Waals surface area contributed by atoms with Gasteiger partial charge in [0.2, 0.25) is 17.7 Å². The number of imidazole rings is 2. The van der Waals surface area contributed by atoms with Crippen LogP contribution in [-0.2, 0) is 27.4 Å². The number of benzene rings is 2. The molecule has 2 aliphatic carbocycles. The van der Waals surface area contributed by atoms with Crippen LogP contribution in [0.15, 0.2) is 60.7 Å². The number of carbonyl (C=O) groups excluding carboxylic acids is 3. The van der Waals surface area contributed by atoms with Crippen LogP contribution in [0.3, 0.4) is 0 Å². The summed E-state index contributed by atoms with van der Waals surface area (Å²) in [6, 6.07) is 21.7. The van der Waals surface area contributed by atoms with Gasteiger partial charge in [-0.1, -0.05) is 69.7 Å². The Balaban J connectivity index is 0.862. The molecule has 3 amide bonds. The second kappa shape index (κ2) is 23.9. The topological polar surface area (TPSA) is 131 Å². The number of pyridine rings is 1. The molecule has 14 nitrogen and oxygen atoms in total. The van der Waals surface area contributed by atoms with Crippen molar-refractivity contribution in [1.82, 2.24) is 38.8 Å². The minimum atomic E-state index is -0.283. The summed E-state index contributed by atoms with van der Waals surface area (Å²) < 4.78 is 16.1. The number of ether oxygens (including phenoxy) is 2. The number of aromatic nitrogens is 5. The zero-order valence-electron chi connectivity index (χ0n) is 44.0.